The molecule has 3 heteroatoms. The molecular weight excluding hydrogens is 254 g/mol. The topological polar surface area (TPSA) is 20.3 Å². The number of alkyl halides is 1. The summed E-state index contributed by atoms with van der Waals surface area (Å²) in [7, 11) is 0. The number of halogens is 1. The molecule has 2 rings (SSSR count). The van der Waals surface area contributed by atoms with Crippen LogP contribution in [0.5, 0.6) is 0 Å². The molecule has 15 heavy (non-hydrogen) atoms. The van der Waals surface area contributed by atoms with Crippen molar-refractivity contribution in [2.75, 3.05) is 11.9 Å². The number of carbonyl (C=O) groups is 1. The zero-order chi connectivity index (χ0) is 10.7. The predicted octanol–water partition coefficient (Wildman–Crippen LogP) is 2.95. The van der Waals surface area contributed by atoms with Gasteiger partial charge in [-0.25, -0.2) is 0 Å². The first kappa shape index (κ1) is 11.4. The highest BCUT2D eigenvalue weighted by Crippen LogP contribution is 2.32. The van der Waals surface area contributed by atoms with E-state index in [1.807, 2.05) is 0 Å². The Labute approximate surface area is 101 Å². The Kier molecular flexibility index (Phi) is 4.06. The third kappa shape index (κ3) is 2.55. The third-order valence-electron chi connectivity index (χ3n) is 3.79. The maximum absolute atomic E-state index is 12.2. The quantitative estimate of drug-likeness (QED) is 0.706. The van der Waals surface area contributed by atoms with Crippen LogP contribution in [0.2, 0.25) is 0 Å². The average molecular weight is 274 g/mol. The lowest BCUT2D eigenvalue weighted by molar-refractivity contribution is -0.142. The highest BCUT2D eigenvalue weighted by molar-refractivity contribution is 9.09. The molecule has 0 aromatic carbocycles. The first-order chi connectivity index (χ1) is 7.33. The van der Waals surface area contributed by atoms with Crippen molar-refractivity contribution in [3.63, 3.8) is 0 Å². The van der Waals surface area contributed by atoms with Crippen LogP contribution < -0.4 is 0 Å². The molecule has 0 radical (unpaired) electrons. The molecular formula is C12H20BrNO. The number of carbonyl (C=O) groups excluding carboxylic acids is 1. The number of hydrogen-bond acceptors (Lipinski definition) is 1. The first-order valence-corrected chi connectivity index (χ1v) is 7.31. The van der Waals surface area contributed by atoms with Gasteiger partial charge in [-0.1, -0.05) is 22.4 Å². The van der Waals surface area contributed by atoms with E-state index in [9.17, 15) is 4.79 Å². The second kappa shape index (κ2) is 5.33. The van der Waals surface area contributed by atoms with Crippen LogP contribution in [-0.4, -0.2) is 28.7 Å². The number of hydrogen-bond donors (Lipinski definition) is 0. The molecule has 0 unspecified atom stereocenters. The van der Waals surface area contributed by atoms with Gasteiger partial charge in [0.15, 0.2) is 0 Å². The molecule has 2 saturated carbocycles. The molecule has 1 amide bonds. The van der Waals surface area contributed by atoms with Crippen molar-refractivity contribution in [2.24, 2.45) is 5.92 Å². The van der Waals surface area contributed by atoms with E-state index in [2.05, 4.69) is 20.8 Å². The van der Waals surface area contributed by atoms with Crippen molar-refractivity contribution < 1.29 is 4.79 Å². The Morgan fingerprint density at radius 1 is 1.20 bits per heavy atom. The van der Waals surface area contributed by atoms with Crippen LogP contribution in [0.4, 0.5) is 0 Å². The molecule has 0 bridgehead atoms. The SMILES string of the molecule is O=C(C1CCC1)N(CCCBr)C1CCC1. The highest BCUT2D eigenvalue weighted by atomic mass is 79.9. The lowest BCUT2D eigenvalue weighted by Gasteiger charge is -2.41. The predicted molar refractivity (Wildman–Crippen MR) is 65.1 cm³/mol. The minimum atomic E-state index is 0.376. The monoisotopic (exact) mass is 273 g/mol. The van der Waals surface area contributed by atoms with Gasteiger partial charge in [0.05, 0.1) is 0 Å². The molecule has 0 heterocycles. The van der Waals surface area contributed by atoms with Crippen molar-refractivity contribution in [2.45, 2.75) is 51.0 Å². The van der Waals surface area contributed by atoms with Crippen LogP contribution in [0.3, 0.4) is 0 Å². The highest BCUT2D eigenvalue weighted by Gasteiger charge is 2.34. The summed E-state index contributed by atoms with van der Waals surface area (Å²) >= 11 is 3.45. The molecule has 0 aromatic heterocycles. The fourth-order valence-electron chi connectivity index (χ4n) is 2.29. The maximum atomic E-state index is 12.2. The van der Waals surface area contributed by atoms with Gasteiger partial charge >= 0.3 is 0 Å². The summed E-state index contributed by atoms with van der Waals surface area (Å²) in [5.74, 6) is 0.827. The van der Waals surface area contributed by atoms with E-state index in [0.29, 0.717) is 17.9 Å². The van der Waals surface area contributed by atoms with Crippen molar-refractivity contribution in [3.05, 3.63) is 0 Å². The molecule has 0 saturated heterocycles. The normalized spacial score (nSPS) is 21.9. The number of nitrogens with zero attached hydrogens (tertiary/aromatic N) is 1. The second-order valence-corrected chi connectivity index (χ2v) is 5.58. The van der Waals surface area contributed by atoms with E-state index in [-0.39, 0.29) is 0 Å². The van der Waals surface area contributed by atoms with Gasteiger partial charge in [-0.2, -0.15) is 0 Å². The van der Waals surface area contributed by atoms with Gasteiger partial charge < -0.3 is 4.90 Å². The molecule has 2 aliphatic rings. The van der Waals surface area contributed by atoms with E-state index in [0.717, 1.165) is 31.1 Å². The second-order valence-electron chi connectivity index (χ2n) is 4.79. The van der Waals surface area contributed by atoms with E-state index in [1.165, 1.54) is 25.7 Å². The summed E-state index contributed by atoms with van der Waals surface area (Å²) in [5.41, 5.74) is 0. The maximum Gasteiger partial charge on any atom is 0.225 e. The fourth-order valence-corrected chi connectivity index (χ4v) is 2.54. The minimum absolute atomic E-state index is 0.376. The van der Waals surface area contributed by atoms with Gasteiger partial charge in [0.25, 0.3) is 0 Å². The number of rotatable bonds is 5. The van der Waals surface area contributed by atoms with Gasteiger partial charge in [0.1, 0.15) is 0 Å². The molecule has 0 spiro atoms. The van der Waals surface area contributed by atoms with Crippen molar-refractivity contribution in [1.29, 1.82) is 0 Å². The Hall–Kier alpha value is -0.0500. The molecule has 2 nitrogen and oxygen atoms in total. The third-order valence-corrected chi connectivity index (χ3v) is 4.35. The lowest BCUT2D eigenvalue weighted by atomic mass is 9.82. The van der Waals surface area contributed by atoms with Gasteiger partial charge in [-0.3, -0.25) is 4.79 Å². The lowest BCUT2D eigenvalue weighted by Crippen LogP contribution is -2.48. The zero-order valence-corrected chi connectivity index (χ0v) is 10.8. The Bertz CT molecular complexity index is 224. The molecule has 0 N–H and O–H groups in total. The fraction of sp³-hybridized carbons (Fsp3) is 0.917. The number of amides is 1. The molecule has 0 aliphatic heterocycles. The van der Waals surface area contributed by atoms with Crippen LogP contribution in [0.15, 0.2) is 0 Å². The van der Waals surface area contributed by atoms with E-state index >= 15 is 0 Å². The van der Waals surface area contributed by atoms with Gasteiger partial charge in [-0.15, -0.1) is 0 Å². The van der Waals surface area contributed by atoms with E-state index in [1.54, 1.807) is 0 Å². The molecule has 0 atom stereocenters. The van der Waals surface area contributed by atoms with Crippen LogP contribution in [0, 0.1) is 5.92 Å². The van der Waals surface area contributed by atoms with Crippen molar-refractivity contribution >= 4 is 21.8 Å². The van der Waals surface area contributed by atoms with E-state index < -0.39 is 0 Å². The zero-order valence-electron chi connectivity index (χ0n) is 9.25. The standard InChI is InChI=1S/C12H20BrNO/c13-8-3-9-14(11-6-2-7-11)12(15)10-4-1-5-10/h10-11H,1-9H2. The van der Waals surface area contributed by atoms with Crippen LogP contribution >= 0.6 is 15.9 Å². The summed E-state index contributed by atoms with van der Waals surface area (Å²) in [4.78, 5) is 14.4. The molecule has 2 fully saturated rings. The van der Waals surface area contributed by atoms with Gasteiger partial charge in [0, 0.05) is 23.8 Å². The largest absolute Gasteiger partial charge is 0.339 e. The summed E-state index contributed by atoms with van der Waals surface area (Å²) in [6.45, 7) is 0.964. The van der Waals surface area contributed by atoms with Crippen LogP contribution in [0.1, 0.15) is 44.9 Å². The van der Waals surface area contributed by atoms with E-state index in [4.69, 9.17) is 0 Å². The van der Waals surface area contributed by atoms with Crippen LogP contribution in [0.25, 0.3) is 0 Å². The molecule has 2 aliphatic carbocycles. The average Bonchev–Trinajstić information content (AvgIpc) is 2.05. The van der Waals surface area contributed by atoms with Crippen LogP contribution in [-0.2, 0) is 4.79 Å². The Balaban J connectivity index is 1.87. The molecule has 0 aromatic rings. The summed E-state index contributed by atoms with van der Waals surface area (Å²) < 4.78 is 0. The smallest absolute Gasteiger partial charge is 0.225 e. The van der Waals surface area contributed by atoms with Gasteiger partial charge in [0.2, 0.25) is 5.91 Å². The summed E-state index contributed by atoms with van der Waals surface area (Å²) in [6.07, 6.45) is 8.41. The summed E-state index contributed by atoms with van der Waals surface area (Å²) in [5, 5.41) is 1.01. The Morgan fingerprint density at radius 2 is 1.87 bits per heavy atom. The van der Waals surface area contributed by atoms with Crippen molar-refractivity contribution in [1.82, 2.24) is 4.90 Å². The minimum Gasteiger partial charge on any atom is -0.339 e. The van der Waals surface area contributed by atoms with Gasteiger partial charge in [-0.05, 0) is 38.5 Å². The first-order valence-electron chi connectivity index (χ1n) is 6.19. The van der Waals surface area contributed by atoms with Crippen molar-refractivity contribution in [3.8, 4) is 0 Å². The Morgan fingerprint density at radius 3 is 2.27 bits per heavy atom. The summed E-state index contributed by atoms with van der Waals surface area (Å²) in [6, 6.07) is 0.581. The molecule has 86 valence electrons.